The van der Waals surface area contributed by atoms with Crippen molar-refractivity contribution in [2.45, 2.75) is 19.5 Å². The number of nitrogens with zero attached hydrogens (tertiary/aromatic N) is 2. The summed E-state index contributed by atoms with van der Waals surface area (Å²) in [6.07, 6.45) is -5.59. The van der Waals surface area contributed by atoms with Crippen LogP contribution < -0.4 is 0 Å². The number of alkyl halides is 3. The zero-order valence-electron chi connectivity index (χ0n) is 6.99. The van der Waals surface area contributed by atoms with Gasteiger partial charge < -0.3 is 0 Å². The first kappa shape index (κ1) is 11.5. The largest absolute Gasteiger partial charge is 0.396 e. The molecule has 0 fully saturated rings. The lowest BCUT2D eigenvalue weighted by Crippen LogP contribution is -2.14. The summed E-state index contributed by atoms with van der Waals surface area (Å²) >= 11 is 11.1. The van der Waals surface area contributed by atoms with Crippen molar-refractivity contribution in [3.05, 3.63) is 21.7 Å². The molecular formula is C7H5Cl2F3N2. The highest BCUT2D eigenvalue weighted by Crippen LogP contribution is 2.24. The first-order chi connectivity index (χ1) is 6.29. The second-order valence-electron chi connectivity index (χ2n) is 2.64. The van der Waals surface area contributed by atoms with Crippen LogP contribution in [0.4, 0.5) is 13.2 Å². The van der Waals surface area contributed by atoms with Crippen molar-refractivity contribution < 1.29 is 13.2 Å². The van der Waals surface area contributed by atoms with E-state index in [4.69, 9.17) is 23.2 Å². The Bertz CT molecular complexity index is 328. The molecule has 0 unspecified atom stereocenters. The second kappa shape index (κ2) is 3.90. The highest BCUT2D eigenvalue weighted by atomic mass is 35.5. The minimum absolute atomic E-state index is 0.0516. The van der Waals surface area contributed by atoms with Crippen molar-refractivity contribution >= 4 is 23.2 Å². The van der Waals surface area contributed by atoms with E-state index in [-0.39, 0.29) is 10.3 Å². The summed E-state index contributed by atoms with van der Waals surface area (Å²) in [7, 11) is 0. The summed E-state index contributed by atoms with van der Waals surface area (Å²) in [5, 5.41) is -0.103. The molecule has 14 heavy (non-hydrogen) atoms. The van der Waals surface area contributed by atoms with Gasteiger partial charge in [0.1, 0.15) is 22.6 Å². The van der Waals surface area contributed by atoms with Crippen molar-refractivity contribution in [3.8, 4) is 0 Å². The van der Waals surface area contributed by atoms with E-state index in [1.54, 1.807) is 0 Å². The van der Waals surface area contributed by atoms with Gasteiger partial charge in [0.05, 0.1) is 0 Å². The van der Waals surface area contributed by atoms with Crippen LogP contribution in [-0.4, -0.2) is 16.1 Å². The summed E-state index contributed by atoms with van der Waals surface area (Å²) in [6.45, 7) is 1.53. The van der Waals surface area contributed by atoms with E-state index in [1.165, 1.54) is 6.92 Å². The Morgan fingerprint density at radius 1 is 1.14 bits per heavy atom. The van der Waals surface area contributed by atoms with Crippen LogP contribution >= 0.6 is 23.2 Å². The predicted octanol–water partition coefficient (Wildman–Crippen LogP) is 3.20. The summed E-state index contributed by atoms with van der Waals surface area (Å²) < 4.78 is 35.8. The molecule has 1 heterocycles. The Morgan fingerprint density at radius 2 is 1.57 bits per heavy atom. The van der Waals surface area contributed by atoms with E-state index in [1.807, 2.05) is 0 Å². The Labute approximate surface area is 88.1 Å². The fourth-order valence-electron chi connectivity index (χ4n) is 0.763. The van der Waals surface area contributed by atoms with Crippen LogP contribution in [0.5, 0.6) is 0 Å². The topological polar surface area (TPSA) is 25.8 Å². The molecule has 0 aliphatic rings. The van der Waals surface area contributed by atoms with Gasteiger partial charge in [0.25, 0.3) is 0 Å². The van der Waals surface area contributed by atoms with E-state index < -0.39 is 18.4 Å². The Kier molecular flexibility index (Phi) is 3.21. The normalized spacial score (nSPS) is 11.9. The molecule has 0 atom stereocenters. The number of halogens is 5. The van der Waals surface area contributed by atoms with Crippen LogP contribution in [0.3, 0.4) is 0 Å². The van der Waals surface area contributed by atoms with Crippen LogP contribution in [0.15, 0.2) is 0 Å². The van der Waals surface area contributed by atoms with Crippen LogP contribution in [-0.2, 0) is 6.42 Å². The van der Waals surface area contributed by atoms with Crippen molar-refractivity contribution in [2.24, 2.45) is 0 Å². The maximum absolute atomic E-state index is 11.9. The van der Waals surface area contributed by atoms with Crippen LogP contribution in [0.25, 0.3) is 0 Å². The maximum Gasteiger partial charge on any atom is 0.396 e. The zero-order valence-corrected chi connectivity index (χ0v) is 8.50. The van der Waals surface area contributed by atoms with Crippen LogP contribution in [0.2, 0.25) is 10.3 Å². The third kappa shape index (κ3) is 2.99. The second-order valence-corrected chi connectivity index (χ2v) is 3.35. The van der Waals surface area contributed by atoms with E-state index >= 15 is 0 Å². The van der Waals surface area contributed by atoms with Gasteiger partial charge in [-0.25, -0.2) is 9.97 Å². The van der Waals surface area contributed by atoms with Crippen LogP contribution in [0.1, 0.15) is 11.4 Å². The highest BCUT2D eigenvalue weighted by molar-refractivity contribution is 6.34. The molecule has 0 saturated heterocycles. The summed E-state index contributed by atoms with van der Waals surface area (Å²) in [5.74, 6) is -0.418. The van der Waals surface area contributed by atoms with E-state index in [0.717, 1.165) is 0 Å². The number of aromatic nitrogens is 2. The summed E-state index contributed by atoms with van der Waals surface area (Å²) in [6, 6.07) is 0. The van der Waals surface area contributed by atoms with Gasteiger partial charge in [-0.2, -0.15) is 13.2 Å². The van der Waals surface area contributed by atoms with Gasteiger partial charge in [-0.3, -0.25) is 0 Å². The molecule has 0 aliphatic heterocycles. The van der Waals surface area contributed by atoms with Crippen molar-refractivity contribution in [1.29, 1.82) is 0 Å². The molecule has 7 heteroatoms. The average Bonchev–Trinajstić information content (AvgIpc) is 1.96. The van der Waals surface area contributed by atoms with Crippen LogP contribution in [0, 0.1) is 6.92 Å². The maximum atomic E-state index is 11.9. The van der Waals surface area contributed by atoms with Gasteiger partial charge in [-0.05, 0) is 6.92 Å². The van der Waals surface area contributed by atoms with Crippen molar-refractivity contribution in [1.82, 2.24) is 9.97 Å². The van der Waals surface area contributed by atoms with Gasteiger partial charge in [0.2, 0.25) is 0 Å². The van der Waals surface area contributed by atoms with E-state index in [0.29, 0.717) is 5.56 Å². The summed E-state index contributed by atoms with van der Waals surface area (Å²) in [5.41, 5.74) is 0.374. The monoisotopic (exact) mass is 244 g/mol. The quantitative estimate of drug-likeness (QED) is 0.710. The fraction of sp³-hybridized carbons (Fsp3) is 0.429. The molecule has 0 aliphatic carbocycles. The molecule has 1 aromatic rings. The minimum Gasteiger partial charge on any atom is -0.220 e. The molecule has 0 radical (unpaired) electrons. The predicted molar refractivity (Wildman–Crippen MR) is 46.5 cm³/mol. The third-order valence-corrected chi connectivity index (χ3v) is 2.17. The molecule has 1 aromatic heterocycles. The molecule has 0 spiro atoms. The van der Waals surface area contributed by atoms with E-state index in [2.05, 4.69) is 9.97 Å². The zero-order chi connectivity index (χ0) is 10.9. The molecular weight excluding hydrogens is 240 g/mol. The molecule has 0 aromatic carbocycles. The fourth-order valence-corrected chi connectivity index (χ4v) is 1.19. The van der Waals surface area contributed by atoms with E-state index in [9.17, 15) is 13.2 Å². The lowest BCUT2D eigenvalue weighted by atomic mass is 10.3. The molecule has 1 rings (SSSR count). The number of hydrogen-bond donors (Lipinski definition) is 0. The SMILES string of the molecule is Cc1c(Cl)nc(CC(F)(F)F)nc1Cl. The standard InChI is InChI=1S/C7H5Cl2F3N2/c1-3-5(8)13-4(14-6(3)9)2-7(10,11)12/h2H2,1H3. The van der Waals surface area contributed by atoms with Crippen molar-refractivity contribution in [2.75, 3.05) is 0 Å². The van der Waals surface area contributed by atoms with Crippen molar-refractivity contribution in [3.63, 3.8) is 0 Å². The third-order valence-electron chi connectivity index (χ3n) is 1.43. The first-order valence-corrected chi connectivity index (χ1v) is 4.30. The molecule has 0 saturated carbocycles. The smallest absolute Gasteiger partial charge is 0.220 e. The lowest BCUT2D eigenvalue weighted by molar-refractivity contribution is -0.128. The first-order valence-electron chi connectivity index (χ1n) is 3.55. The van der Waals surface area contributed by atoms with Gasteiger partial charge in [0.15, 0.2) is 0 Å². The Balaban J connectivity index is 3.02. The number of hydrogen-bond acceptors (Lipinski definition) is 2. The number of rotatable bonds is 1. The van der Waals surface area contributed by atoms with Gasteiger partial charge >= 0.3 is 6.18 Å². The minimum atomic E-state index is -4.36. The molecule has 0 amide bonds. The molecule has 78 valence electrons. The molecule has 0 bridgehead atoms. The van der Waals surface area contributed by atoms with Gasteiger partial charge in [-0.1, -0.05) is 23.2 Å². The average molecular weight is 245 g/mol. The molecule has 2 nitrogen and oxygen atoms in total. The highest BCUT2D eigenvalue weighted by Gasteiger charge is 2.29. The summed E-state index contributed by atoms with van der Waals surface area (Å²) in [4.78, 5) is 6.94. The Hall–Kier alpha value is -0.550. The lowest BCUT2D eigenvalue weighted by Gasteiger charge is -2.06. The molecule has 0 N–H and O–H groups in total. The Morgan fingerprint density at radius 3 is 1.93 bits per heavy atom. The van der Waals surface area contributed by atoms with Gasteiger partial charge in [0, 0.05) is 5.56 Å². The van der Waals surface area contributed by atoms with Gasteiger partial charge in [-0.15, -0.1) is 0 Å².